The summed E-state index contributed by atoms with van der Waals surface area (Å²) in [6, 6.07) is 8.40. The van der Waals surface area contributed by atoms with Gasteiger partial charge in [0.2, 0.25) is 0 Å². The molecule has 0 radical (unpaired) electrons. The fourth-order valence-electron chi connectivity index (χ4n) is 1.72. The maximum absolute atomic E-state index is 10.9. The molecule has 0 fully saturated rings. The number of rotatable bonds is 7. The van der Waals surface area contributed by atoms with Crippen molar-refractivity contribution in [3.63, 3.8) is 0 Å². The third-order valence-electron chi connectivity index (χ3n) is 2.60. The van der Waals surface area contributed by atoms with E-state index in [0.717, 1.165) is 18.7 Å². The summed E-state index contributed by atoms with van der Waals surface area (Å²) in [7, 11) is 0.970. The summed E-state index contributed by atoms with van der Waals surface area (Å²) < 4.78 is 16.2. The Hall–Kier alpha value is -0.870. The summed E-state index contributed by atoms with van der Waals surface area (Å²) in [5, 5.41) is 3.37. The number of hydrogen-bond donors (Lipinski definition) is 1. The van der Waals surface area contributed by atoms with Crippen molar-refractivity contribution in [3.05, 3.63) is 29.8 Å². The molecule has 1 N–H and O–H groups in total. The van der Waals surface area contributed by atoms with Crippen LogP contribution < -0.4 is 10.1 Å². The molecule has 2 atom stereocenters. The van der Waals surface area contributed by atoms with Crippen molar-refractivity contribution in [2.75, 3.05) is 25.7 Å². The molecular weight excluding hydrogens is 234 g/mol. The van der Waals surface area contributed by atoms with Crippen LogP contribution in [0.3, 0.4) is 0 Å². The van der Waals surface area contributed by atoms with Gasteiger partial charge >= 0.3 is 0 Å². The topological polar surface area (TPSA) is 38.3 Å². The van der Waals surface area contributed by atoms with Gasteiger partial charge in [-0.05, 0) is 25.0 Å². The van der Waals surface area contributed by atoms with Gasteiger partial charge in [0.25, 0.3) is 0 Å². The van der Waals surface area contributed by atoms with Crippen LogP contribution >= 0.6 is 0 Å². The van der Waals surface area contributed by atoms with Crippen LogP contribution in [0.25, 0.3) is 0 Å². The Labute approximate surface area is 106 Å². The lowest BCUT2D eigenvalue weighted by Crippen LogP contribution is -2.31. The van der Waals surface area contributed by atoms with E-state index in [1.165, 1.54) is 5.56 Å². The summed E-state index contributed by atoms with van der Waals surface area (Å²) in [5.41, 5.74) is 1.20. The van der Waals surface area contributed by atoms with Crippen molar-refractivity contribution in [1.82, 2.24) is 5.32 Å². The van der Waals surface area contributed by atoms with E-state index in [1.807, 2.05) is 18.2 Å². The lowest BCUT2D eigenvalue weighted by atomic mass is 10.1. The van der Waals surface area contributed by atoms with Crippen molar-refractivity contribution >= 4 is 10.8 Å². The number of nitrogens with one attached hydrogen (secondary N) is 1. The zero-order valence-electron chi connectivity index (χ0n) is 10.7. The van der Waals surface area contributed by atoms with Crippen molar-refractivity contribution in [3.8, 4) is 5.75 Å². The molecule has 1 aromatic rings. The lowest BCUT2D eigenvalue weighted by molar-refractivity contribution is 0.406. The Bertz CT molecular complexity index is 368. The van der Waals surface area contributed by atoms with Crippen LogP contribution in [0, 0.1) is 0 Å². The molecule has 1 aromatic carbocycles. The lowest BCUT2D eigenvalue weighted by Gasteiger charge is -2.15. The van der Waals surface area contributed by atoms with E-state index in [1.54, 1.807) is 13.4 Å². The second kappa shape index (κ2) is 7.45. The third kappa shape index (κ3) is 5.33. The number of ether oxygens (including phenoxy) is 1. The van der Waals surface area contributed by atoms with Gasteiger partial charge in [-0.25, -0.2) is 0 Å². The molecule has 0 aliphatic heterocycles. The summed E-state index contributed by atoms with van der Waals surface area (Å²) in [4.78, 5) is 0. The van der Waals surface area contributed by atoms with Crippen molar-refractivity contribution < 1.29 is 8.95 Å². The molecule has 0 heterocycles. The van der Waals surface area contributed by atoms with Gasteiger partial charge in [0, 0.05) is 35.4 Å². The first-order valence-corrected chi connectivity index (χ1v) is 7.51. The van der Waals surface area contributed by atoms with Gasteiger partial charge in [-0.3, -0.25) is 4.21 Å². The van der Waals surface area contributed by atoms with Crippen molar-refractivity contribution in [2.24, 2.45) is 0 Å². The Morgan fingerprint density at radius 1 is 1.41 bits per heavy atom. The molecule has 0 saturated heterocycles. The van der Waals surface area contributed by atoms with Crippen LogP contribution in [0.1, 0.15) is 12.5 Å². The van der Waals surface area contributed by atoms with Crippen LogP contribution in [0.15, 0.2) is 24.3 Å². The molecule has 0 aliphatic rings. The Morgan fingerprint density at radius 3 is 2.76 bits per heavy atom. The average molecular weight is 255 g/mol. The summed E-state index contributed by atoms with van der Waals surface area (Å²) in [5.74, 6) is 1.64. The van der Waals surface area contributed by atoms with Crippen LogP contribution in [0.4, 0.5) is 0 Å². The van der Waals surface area contributed by atoms with E-state index in [4.69, 9.17) is 4.74 Å². The van der Waals surface area contributed by atoms with Gasteiger partial charge < -0.3 is 10.1 Å². The Kier molecular flexibility index (Phi) is 6.22. The first-order valence-electron chi connectivity index (χ1n) is 5.78. The Morgan fingerprint density at radius 2 is 2.12 bits per heavy atom. The highest BCUT2D eigenvalue weighted by molar-refractivity contribution is 7.84. The van der Waals surface area contributed by atoms with Gasteiger partial charge in [-0.1, -0.05) is 18.2 Å². The first kappa shape index (κ1) is 14.2. The minimum Gasteiger partial charge on any atom is -0.496 e. The third-order valence-corrected chi connectivity index (χ3v) is 3.38. The van der Waals surface area contributed by atoms with Crippen LogP contribution in [-0.2, 0) is 17.2 Å². The van der Waals surface area contributed by atoms with Gasteiger partial charge in [0.1, 0.15) is 5.75 Å². The molecule has 17 heavy (non-hydrogen) atoms. The predicted molar refractivity (Wildman–Crippen MR) is 73.1 cm³/mol. The fraction of sp³-hybridized carbons (Fsp3) is 0.538. The molecule has 0 aromatic heterocycles. The molecule has 2 unspecified atom stereocenters. The SMILES string of the molecule is COc1ccccc1CC(C)NCCS(C)=O. The maximum atomic E-state index is 10.9. The number of benzene rings is 1. The molecule has 0 bridgehead atoms. The predicted octanol–water partition coefficient (Wildman–Crippen LogP) is 1.59. The van der Waals surface area contributed by atoms with Crippen LogP contribution in [-0.4, -0.2) is 35.9 Å². The van der Waals surface area contributed by atoms with E-state index in [-0.39, 0.29) is 0 Å². The molecule has 0 saturated carbocycles. The number of para-hydroxylation sites is 1. The molecule has 0 spiro atoms. The molecule has 0 aliphatic carbocycles. The van der Waals surface area contributed by atoms with Gasteiger partial charge in [-0.2, -0.15) is 0 Å². The smallest absolute Gasteiger partial charge is 0.122 e. The number of methoxy groups -OCH3 is 1. The molecule has 0 amide bonds. The zero-order valence-corrected chi connectivity index (χ0v) is 11.5. The van der Waals surface area contributed by atoms with Crippen molar-refractivity contribution in [1.29, 1.82) is 0 Å². The number of hydrogen-bond acceptors (Lipinski definition) is 3. The highest BCUT2D eigenvalue weighted by Crippen LogP contribution is 2.18. The van der Waals surface area contributed by atoms with Crippen LogP contribution in [0.5, 0.6) is 5.75 Å². The quantitative estimate of drug-likeness (QED) is 0.804. The van der Waals surface area contributed by atoms with Crippen LogP contribution in [0.2, 0.25) is 0 Å². The largest absolute Gasteiger partial charge is 0.496 e. The van der Waals surface area contributed by atoms with Crippen molar-refractivity contribution in [2.45, 2.75) is 19.4 Å². The van der Waals surface area contributed by atoms with E-state index < -0.39 is 10.8 Å². The monoisotopic (exact) mass is 255 g/mol. The zero-order chi connectivity index (χ0) is 12.7. The second-order valence-corrected chi connectivity index (χ2v) is 5.70. The first-order chi connectivity index (χ1) is 8.13. The normalized spacial score (nSPS) is 14.3. The molecule has 1 rings (SSSR count). The molecular formula is C13H21NO2S. The van der Waals surface area contributed by atoms with E-state index in [9.17, 15) is 4.21 Å². The highest BCUT2D eigenvalue weighted by atomic mass is 32.2. The average Bonchev–Trinajstić information content (AvgIpc) is 2.29. The molecule has 4 heteroatoms. The minimum absolute atomic E-state index is 0.356. The maximum Gasteiger partial charge on any atom is 0.122 e. The highest BCUT2D eigenvalue weighted by Gasteiger charge is 2.07. The second-order valence-electron chi connectivity index (χ2n) is 4.15. The summed E-state index contributed by atoms with van der Waals surface area (Å²) in [6.45, 7) is 2.92. The Balaban J connectivity index is 2.44. The van der Waals surface area contributed by atoms with Gasteiger partial charge in [0.15, 0.2) is 0 Å². The van der Waals surface area contributed by atoms with Gasteiger partial charge in [-0.15, -0.1) is 0 Å². The van der Waals surface area contributed by atoms with E-state index in [2.05, 4.69) is 18.3 Å². The minimum atomic E-state index is -0.722. The molecule has 3 nitrogen and oxygen atoms in total. The van der Waals surface area contributed by atoms with E-state index in [0.29, 0.717) is 11.8 Å². The summed E-state index contributed by atoms with van der Waals surface area (Å²) in [6.07, 6.45) is 2.65. The fourth-order valence-corrected chi connectivity index (χ4v) is 2.13. The van der Waals surface area contributed by atoms with E-state index >= 15 is 0 Å². The summed E-state index contributed by atoms with van der Waals surface area (Å²) >= 11 is 0. The standard InChI is InChI=1S/C13H21NO2S/c1-11(14-8-9-17(3)15)10-12-6-4-5-7-13(12)16-2/h4-7,11,14H,8-10H2,1-3H3. The van der Waals surface area contributed by atoms with Gasteiger partial charge in [0.05, 0.1) is 7.11 Å². The molecule has 96 valence electrons.